The number of nitrogens with zero attached hydrogens (tertiary/aromatic N) is 2. The minimum atomic E-state index is 0.368. The van der Waals surface area contributed by atoms with Crippen LogP contribution in [0, 0.1) is 18.3 Å². The molecule has 0 unspecified atom stereocenters. The van der Waals surface area contributed by atoms with E-state index in [2.05, 4.69) is 11.1 Å². The summed E-state index contributed by atoms with van der Waals surface area (Å²) in [6.07, 6.45) is 2.06. The second-order valence-electron chi connectivity index (χ2n) is 3.90. The lowest BCUT2D eigenvalue weighted by Gasteiger charge is -2.10. The Bertz CT molecular complexity index is 630. The van der Waals surface area contributed by atoms with Gasteiger partial charge in [0.15, 0.2) is 0 Å². The molecule has 4 heteroatoms. The Balaban J connectivity index is 2.58. The third kappa shape index (κ3) is 2.48. The summed E-state index contributed by atoms with van der Waals surface area (Å²) in [5.74, 6) is 0. The highest BCUT2D eigenvalue weighted by atomic mass is 35.5. The van der Waals surface area contributed by atoms with Crippen molar-refractivity contribution in [2.75, 3.05) is 0 Å². The van der Waals surface area contributed by atoms with E-state index >= 15 is 0 Å². The van der Waals surface area contributed by atoms with Crippen LogP contribution in [-0.2, 0) is 6.42 Å². The van der Waals surface area contributed by atoms with Crippen LogP contribution < -0.4 is 0 Å². The number of aromatic nitrogens is 1. The molecular formula is C14H10Cl2N2. The van der Waals surface area contributed by atoms with E-state index in [0.29, 0.717) is 16.5 Å². The highest BCUT2D eigenvalue weighted by Crippen LogP contribution is 2.31. The molecule has 0 aliphatic rings. The molecular weight excluding hydrogens is 267 g/mol. The zero-order chi connectivity index (χ0) is 13.1. The Kier molecular flexibility index (Phi) is 3.86. The minimum Gasteiger partial charge on any atom is -0.256 e. The van der Waals surface area contributed by atoms with Crippen molar-refractivity contribution in [3.8, 4) is 17.3 Å². The van der Waals surface area contributed by atoms with Crippen LogP contribution in [0.2, 0.25) is 10.0 Å². The summed E-state index contributed by atoms with van der Waals surface area (Å²) in [5, 5.41) is 9.94. The van der Waals surface area contributed by atoms with Gasteiger partial charge in [-0.15, -0.1) is 0 Å². The van der Waals surface area contributed by atoms with E-state index < -0.39 is 0 Å². The van der Waals surface area contributed by atoms with Crippen LogP contribution >= 0.6 is 23.2 Å². The van der Waals surface area contributed by atoms with Gasteiger partial charge in [-0.2, -0.15) is 5.26 Å². The first-order chi connectivity index (χ1) is 8.63. The maximum absolute atomic E-state index is 8.78. The van der Waals surface area contributed by atoms with Gasteiger partial charge in [0.05, 0.1) is 23.2 Å². The van der Waals surface area contributed by atoms with Crippen molar-refractivity contribution in [3.05, 3.63) is 51.6 Å². The van der Waals surface area contributed by atoms with Gasteiger partial charge in [0.1, 0.15) is 0 Å². The number of hydrogen-bond donors (Lipinski definition) is 0. The van der Waals surface area contributed by atoms with Crippen LogP contribution in [-0.4, -0.2) is 4.98 Å². The number of halogens is 2. The number of hydrogen-bond acceptors (Lipinski definition) is 2. The van der Waals surface area contributed by atoms with Crippen LogP contribution in [0.15, 0.2) is 30.5 Å². The zero-order valence-corrected chi connectivity index (χ0v) is 11.3. The van der Waals surface area contributed by atoms with Gasteiger partial charge in [0.25, 0.3) is 0 Å². The molecule has 2 aromatic rings. The Morgan fingerprint density at radius 3 is 2.72 bits per heavy atom. The molecule has 1 aromatic heterocycles. The summed E-state index contributed by atoms with van der Waals surface area (Å²) in [7, 11) is 0. The summed E-state index contributed by atoms with van der Waals surface area (Å²) < 4.78 is 0. The standard InChI is InChI=1S/C14H10Cl2N2/c1-9-10(4-6-17)5-7-18-14(9)12-3-2-11(15)8-13(12)16/h2-3,5,7-8H,4H2,1H3. The van der Waals surface area contributed by atoms with Crippen molar-refractivity contribution in [2.45, 2.75) is 13.3 Å². The topological polar surface area (TPSA) is 36.7 Å². The first kappa shape index (κ1) is 12.9. The van der Waals surface area contributed by atoms with Gasteiger partial charge in [-0.1, -0.05) is 23.2 Å². The maximum atomic E-state index is 8.78. The molecule has 0 fully saturated rings. The molecule has 2 nitrogen and oxygen atoms in total. The molecule has 90 valence electrons. The molecule has 0 spiro atoms. The van der Waals surface area contributed by atoms with Crippen molar-refractivity contribution in [1.82, 2.24) is 4.98 Å². The average Bonchev–Trinajstić information content (AvgIpc) is 2.33. The summed E-state index contributed by atoms with van der Waals surface area (Å²) in [5.41, 5.74) is 3.57. The van der Waals surface area contributed by atoms with Gasteiger partial charge in [-0.25, -0.2) is 0 Å². The number of rotatable bonds is 2. The van der Waals surface area contributed by atoms with Crippen LogP contribution in [0.4, 0.5) is 0 Å². The van der Waals surface area contributed by atoms with Gasteiger partial charge in [-0.3, -0.25) is 4.98 Å². The Morgan fingerprint density at radius 2 is 2.06 bits per heavy atom. The SMILES string of the molecule is Cc1c(CC#N)ccnc1-c1ccc(Cl)cc1Cl. The molecule has 0 saturated carbocycles. The van der Waals surface area contributed by atoms with Gasteiger partial charge in [0.2, 0.25) is 0 Å². The largest absolute Gasteiger partial charge is 0.256 e. The molecule has 0 amide bonds. The van der Waals surface area contributed by atoms with Gasteiger partial charge < -0.3 is 0 Å². The van der Waals surface area contributed by atoms with E-state index in [1.807, 2.05) is 19.1 Å². The third-order valence-electron chi connectivity index (χ3n) is 2.77. The number of nitriles is 1. The molecule has 0 atom stereocenters. The van der Waals surface area contributed by atoms with Crippen LogP contribution in [0.5, 0.6) is 0 Å². The molecule has 0 radical (unpaired) electrons. The molecule has 1 aromatic carbocycles. The van der Waals surface area contributed by atoms with E-state index in [1.165, 1.54) is 0 Å². The first-order valence-electron chi connectivity index (χ1n) is 5.40. The molecule has 0 saturated heterocycles. The molecule has 0 bridgehead atoms. The average molecular weight is 277 g/mol. The monoisotopic (exact) mass is 276 g/mol. The molecule has 0 aliphatic carbocycles. The van der Waals surface area contributed by atoms with E-state index in [-0.39, 0.29) is 0 Å². The summed E-state index contributed by atoms with van der Waals surface area (Å²) >= 11 is 12.1. The van der Waals surface area contributed by atoms with Crippen LogP contribution in [0.1, 0.15) is 11.1 Å². The summed E-state index contributed by atoms with van der Waals surface area (Å²) in [4.78, 5) is 4.34. The smallest absolute Gasteiger partial charge is 0.0749 e. The van der Waals surface area contributed by atoms with Crippen molar-refractivity contribution < 1.29 is 0 Å². The Morgan fingerprint density at radius 1 is 1.28 bits per heavy atom. The lowest BCUT2D eigenvalue weighted by molar-refractivity contribution is 1.16. The quantitative estimate of drug-likeness (QED) is 0.814. The minimum absolute atomic E-state index is 0.368. The molecule has 1 heterocycles. The normalized spacial score (nSPS) is 10.1. The van der Waals surface area contributed by atoms with Crippen molar-refractivity contribution in [2.24, 2.45) is 0 Å². The van der Waals surface area contributed by atoms with Crippen molar-refractivity contribution in [1.29, 1.82) is 5.26 Å². The van der Waals surface area contributed by atoms with Crippen LogP contribution in [0.3, 0.4) is 0 Å². The van der Waals surface area contributed by atoms with Gasteiger partial charge in [-0.05, 0) is 42.3 Å². The fourth-order valence-corrected chi connectivity index (χ4v) is 2.30. The molecule has 2 rings (SSSR count). The second-order valence-corrected chi connectivity index (χ2v) is 4.75. The Labute approximate surface area is 116 Å². The predicted molar refractivity (Wildman–Crippen MR) is 73.7 cm³/mol. The Hall–Kier alpha value is -1.56. The van der Waals surface area contributed by atoms with Crippen molar-refractivity contribution in [3.63, 3.8) is 0 Å². The fraction of sp³-hybridized carbons (Fsp3) is 0.143. The first-order valence-corrected chi connectivity index (χ1v) is 6.16. The molecule has 18 heavy (non-hydrogen) atoms. The summed E-state index contributed by atoms with van der Waals surface area (Å²) in [6.45, 7) is 1.94. The highest BCUT2D eigenvalue weighted by molar-refractivity contribution is 6.36. The molecule has 0 N–H and O–H groups in total. The highest BCUT2D eigenvalue weighted by Gasteiger charge is 2.11. The zero-order valence-electron chi connectivity index (χ0n) is 9.74. The fourth-order valence-electron chi connectivity index (χ4n) is 1.81. The number of pyridine rings is 1. The summed E-state index contributed by atoms with van der Waals surface area (Å²) in [6, 6.07) is 9.31. The third-order valence-corrected chi connectivity index (χ3v) is 3.32. The van der Waals surface area contributed by atoms with Crippen molar-refractivity contribution >= 4 is 23.2 Å². The lowest BCUT2D eigenvalue weighted by atomic mass is 10.0. The van der Waals surface area contributed by atoms with E-state index in [9.17, 15) is 0 Å². The van der Waals surface area contributed by atoms with E-state index in [0.717, 1.165) is 22.4 Å². The van der Waals surface area contributed by atoms with Crippen LogP contribution in [0.25, 0.3) is 11.3 Å². The predicted octanol–water partition coefficient (Wildman–Crippen LogP) is 4.43. The maximum Gasteiger partial charge on any atom is 0.0749 e. The second kappa shape index (κ2) is 5.39. The van der Waals surface area contributed by atoms with E-state index in [1.54, 1.807) is 18.3 Å². The van der Waals surface area contributed by atoms with Gasteiger partial charge >= 0.3 is 0 Å². The molecule has 0 aliphatic heterocycles. The van der Waals surface area contributed by atoms with Gasteiger partial charge in [0, 0.05) is 16.8 Å². The number of benzene rings is 1. The lowest BCUT2D eigenvalue weighted by Crippen LogP contribution is -1.95. The van der Waals surface area contributed by atoms with E-state index in [4.69, 9.17) is 28.5 Å².